The molecular formula is C14H16O3S. The van der Waals surface area contributed by atoms with Crippen LogP contribution in [0.3, 0.4) is 0 Å². The molecule has 18 heavy (non-hydrogen) atoms. The Labute approximate surface area is 111 Å². The summed E-state index contributed by atoms with van der Waals surface area (Å²) < 4.78 is 10.5. The number of aliphatic hydroxyl groups excluding tert-OH is 1. The van der Waals surface area contributed by atoms with Crippen LogP contribution in [-0.2, 0) is 0 Å². The van der Waals surface area contributed by atoms with Crippen molar-refractivity contribution in [1.29, 1.82) is 0 Å². The van der Waals surface area contributed by atoms with Crippen molar-refractivity contribution >= 4 is 11.3 Å². The molecule has 1 aromatic carbocycles. The minimum Gasteiger partial charge on any atom is -0.497 e. The Kier molecular flexibility index (Phi) is 3.89. The number of hydrogen-bond acceptors (Lipinski definition) is 4. The molecule has 1 N–H and O–H groups in total. The fraction of sp³-hybridized carbons (Fsp3) is 0.286. The fourth-order valence-electron chi connectivity index (χ4n) is 1.81. The van der Waals surface area contributed by atoms with Gasteiger partial charge in [-0.3, -0.25) is 0 Å². The molecule has 0 aliphatic rings. The van der Waals surface area contributed by atoms with Gasteiger partial charge in [-0.2, -0.15) is 0 Å². The molecule has 96 valence electrons. The van der Waals surface area contributed by atoms with Crippen molar-refractivity contribution in [2.45, 2.75) is 13.0 Å². The minimum atomic E-state index is -0.686. The molecule has 0 aliphatic heterocycles. The lowest BCUT2D eigenvalue weighted by atomic mass is 10.1. The van der Waals surface area contributed by atoms with E-state index in [9.17, 15) is 5.11 Å². The van der Waals surface area contributed by atoms with Crippen molar-refractivity contribution in [3.8, 4) is 11.5 Å². The summed E-state index contributed by atoms with van der Waals surface area (Å²) in [6.45, 7) is 2.02. The summed E-state index contributed by atoms with van der Waals surface area (Å²) in [7, 11) is 3.20. The van der Waals surface area contributed by atoms with Gasteiger partial charge in [-0.1, -0.05) is 0 Å². The van der Waals surface area contributed by atoms with Crippen LogP contribution >= 0.6 is 11.3 Å². The van der Waals surface area contributed by atoms with Gasteiger partial charge < -0.3 is 14.6 Å². The van der Waals surface area contributed by atoms with Gasteiger partial charge >= 0.3 is 0 Å². The predicted molar refractivity (Wildman–Crippen MR) is 72.7 cm³/mol. The average Bonchev–Trinajstić information content (AvgIpc) is 2.83. The van der Waals surface area contributed by atoms with Gasteiger partial charge in [0.05, 0.1) is 14.2 Å². The summed E-state index contributed by atoms with van der Waals surface area (Å²) in [5, 5.41) is 10.4. The van der Waals surface area contributed by atoms with Crippen LogP contribution in [0.4, 0.5) is 0 Å². The Bertz CT molecular complexity index is 534. The van der Waals surface area contributed by atoms with E-state index in [0.717, 1.165) is 10.4 Å². The molecule has 1 aromatic heterocycles. The van der Waals surface area contributed by atoms with Crippen molar-refractivity contribution in [1.82, 2.24) is 0 Å². The van der Waals surface area contributed by atoms with Gasteiger partial charge in [0.2, 0.25) is 0 Å². The lowest BCUT2D eigenvalue weighted by molar-refractivity contribution is 0.218. The van der Waals surface area contributed by atoms with Gasteiger partial charge in [0.1, 0.15) is 17.6 Å². The van der Waals surface area contributed by atoms with Gasteiger partial charge in [-0.25, -0.2) is 0 Å². The highest BCUT2D eigenvalue weighted by molar-refractivity contribution is 7.12. The summed E-state index contributed by atoms with van der Waals surface area (Å²) in [6, 6.07) is 9.35. The van der Waals surface area contributed by atoms with Crippen LogP contribution in [0, 0.1) is 6.92 Å². The van der Waals surface area contributed by atoms with E-state index in [1.807, 2.05) is 25.1 Å². The molecule has 0 bridgehead atoms. The van der Waals surface area contributed by atoms with E-state index in [2.05, 4.69) is 0 Å². The molecule has 0 amide bonds. The first-order chi connectivity index (χ1) is 8.65. The van der Waals surface area contributed by atoms with Crippen LogP contribution in [0.1, 0.15) is 21.4 Å². The predicted octanol–water partition coefficient (Wildman–Crippen LogP) is 3.16. The Morgan fingerprint density at radius 1 is 1.11 bits per heavy atom. The third-order valence-electron chi connectivity index (χ3n) is 2.76. The molecule has 2 aromatic rings. The summed E-state index contributed by atoms with van der Waals surface area (Å²) in [6.07, 6.45) is -0.686. The van der Waals surface area contributed by atoms with Crippen molar-refractivity contribution < 1.29 is 14.6 Å². The topological polar surface area (TPSA) is 38.7 Å². The second-order valence-electron chi connectivity index (χ2n) is 3.96. The summed E-state index contributed by atoms with van der Waals surface area (Å²) in [4.78, 5) is 2.07. The lowest BCUT2D eigenvalue weighted by Crippen LogP contribution is -2.01. The van der Waals surface area contributed by atoms with E-state index in [4.69, 9.17) is 9.47 Å². The van der Waals surface area contributed by atoms with Crippen LogP contribution in [0.5, 0.6) is 11.5 Å². The van der Waals surface area contributed by atoms with Crippen molar-refractivity contribution in [3.05, 3.63) is 45.6 Å². The number of aliphatic hydroxyl groups is 1. The molecule has 0 saturated heterocycles. The van der Waals surface area contributed by atoms with Gasteiger partial charge in [-0.15, -0.1) is 11.3 Å². The van der Waals surface area contributed by atoms with E-state index in [1.54, 1.807) is 37.7 Å². The third kappa shape index (κ3) is 2.49. The quantitative estimate of drug-likeness (QED) is 0.922. The lowest BCUT2D eigenvalue weighted by Gasteiger charge is -2.14. The van der Waals surface area contributed by atoms with Crippen molar-refractivity contribution in [3.63, 3.8) is 0 Å². The van der Waals surface area contributed by atoms with E-state index in [1.165, 1.54) is 4.88 Å². The molecular weight excluding hydrogens is 248 g/mol. The SMILES string of the molecule is COc1ccc(OC)c([C@H](O)c2ccc(C)s2)c1. The fourth-order valence-corrected chi connectivity index (χ4v) is 2.69. The van der Waals surface area contributed by atoms with Gasteiger partial charge in [0.25, 0.3) is 0 Å². The molecule has 0 aliphatic carbocycles. The first-order valence-corrected chi connectivity index (χ1v) is 6.43. The first-order valence-electron chi connectivity index (χ1n) is 5.62. The van der Waals surface area contributed by atoms with E-state index < -0.39 is 6.10 Å². The van der Waals surface area contributed by atoms with Crippen LogP contribution in [0.25, 0.3) is 0 Å². The molecule has 1 heterocycles. The molecule has 0 radical (unpaired) electrons. The highest BCUT2D eigenvalue weighted by atomic mass is 32.1. The molecule has 4 heteroatoms. The van der Waals surface area contributed by atoms with Gasteiger partial charge in [0, 0.05) is 15.3 Å². The first kappa shape index (κ1) is 12.9. The molecule has 1 atom stereocenters. The highest BCUT2D eigenvalue weighted by Gasteiger charge is 2.17. The van der Waals surface area contributed by atoms with Crippen LogP contribution in [-0.4, -0.2) is 19.3 Å². The molecule has 0 unspecified atom stereocenters. The second-order valence-corrected chi connectivity index (χ2v) is 5.28. The van der Waals surface area contributed by atoms with Crippen LogP contribution in [0.2, 0.25) is 0 Å². The number of hydrogen-bond donors (Lipinski definition) is 1. The Balaban J connectivity index is 2.41. The van der Waals surface area contributed by atoms with Crippen molar-refractivity contribution in [2.24, 2.45) is 0 Å². The monoisotopic (exact) mass is 264 g/mol. The maximum Gasteiger partial charge on any atom is 0.125 e. The van der Waals surface area contributed by atoms with E-state index >= 15 is 0 Å². The normalized spacial score (nSPS) is 12.2. The smallest absolute Gasteiger partial charge is 0.125 e. The minimum absolute atomic E-state index is 0.661. The molecule has 0 saturated carbocycles. The summed E-state index contributed by atoms with van der Waals surface area (Å²) in [5.74, 6) is 1.37. The zero-order chi connectivity index (χ0) is 13.1. The Hall–Kier alpha value is -1.52. The zero-order valence-electron chi connectivity index (χ0n) is 10.6. The largest absolute Gasteiger partial charge is 0.497 e. The Morgan fingerprint density at radius 2 is 1.89 bits per heavy atom. The molecule has 2 rings (SSSR count). The number of methoxy groups -OCH3 is 2. The van der Waals surface area contributed by atoms with E-state index in [-0.39, 0.29) is 0 Å². The number of thiophene rings is 1. The maximum absolute atomic E-state index is 10.4. The average molecular weight is 264 g/mol. The molecule has 0 spiro atoms. The number of aryl methyl sites for hydroxylation is 1. The highest BCUT2D eigenvalue weighted by Crippen LogP contribution is 2.35. The van der Waals surface area contributed by atoms with Crippen LogP contribution < -0.4 is 9.47 Å². The molecule has 3 nitrogen and oxygen atoms in total. The summed E-state index contributed by atoms with van der Waals surface area (Å²) in [5.41, 5.74) is 0.721. The maximum atomic E-state index is 10.4. The third-order valence-corrected chi connectivity index (χ3v) is 3.82. The molecule has 0 fully saturated rings. The summed E-state index contributed by atoms with van der Waals surface area (Å²) >= 11 is 1.58. The standard InChI is InChI=1S/C14H16O3S/c1-9-4-7-13(18-9)14(15)11-8-10(16-2)5-6-12(11)17-3/h4-8,14-15H,1-3H3/t14-/m0/s1. The van der Waals surface area contributed by atoms with Crippen molar-refractivity contribution in [2.75, 3.05) is 14.2 Å². The second kappa shape index (κ2) is 5.42. The van der Waals surface area contributed by atoms with Gasteiger partial charge in [0.15, 0.2) is 0 Å². The van der Waals surface area contributed by atoms with Gasteiger partial charge in [-0.05, 0) is 37.3 Å². The number of rotatable bonds is 4. The number of ether oxygens (including phenoxy) is 2. The Morgan fingerprint density at radius 3 is 2.44 bits per heavy atom. The zero-order valence-corrected chi connectivity index (χ0v) is 11.5. The number of benzene rings is 1. The van der Waals surface area contributed by atoms with Crippen LogP contribution in [0.15, 0.2) is 30.3 Å². The van der Waals surface area contributed by atoms with E-state index in [0.29, 0.717) is 11.5 Å².